The van der Waals surface area contributed by atoms with Gasteiger partial charge in [0.25, 0.3) is 11.5 Å². The van der Waals surface area contributed by atoms with Crippen LogP contribution in [0.25, 0.3) is 5.69 Å². The largest absolute Gasteiger partial charge is 0.346 e. The van der Waals surface area contributed by atoms with E-state index in [1.54, 1.807) is 10.9 Å². The predicted molar refractivity (Wildman–Crippen MR) is 93.5 cm³/mol. The molecule has 0 unspecified atom stereocenters. The summed E-state index contributed by atoms with van der Waals surface area (Å²) in [4.78, 5) is 23.9. The van der Waals surface area contributed by atoms with Crippen LogP contribution < -0.4 is 10.9 Å². The number of amides is 1. The molecule has 1 amide bonds. The zero-order valence-corrected chi connectivity index (χ0v) is 13.9. The number of nitrogens with zero attached hydrogens (tertiary/aromatic N) is 4. The molecule has 0 fully saturated rings. The molecule has 3 rings (SSSR count). The molecule has 1 aromatic carbocycles. The summed E-state index contributed by atoms with van der Waals surface area (Å²) in [6.07, 6.45) is 4.34. The van der Waals surface area contributed by atoms with E-state index in [0.717, 1.165) is 17.7 Å². The third-order valence-corrected chi connectivity index (χ3v) is 3.64. The van der Waals surface area contributed by atoms with Gasteiger partial charge in [-0.2, -0.15) is 10.2 Å². The molecule has 0 aliphatic rings. The SMILES string of the molecule is CCCn1nc(C(=O)NCc2cnn(-c3ccccc3)c2)ccc1=O. The van der Waals surface area contributed by atoms with Gasteiger partial charge in [-0.3, -0.25) is 9.59 Å². The molecule has 0 spiro atoms. The Morgan fingerprint density at radius 2 is 1.96 bits per heavy atom. The minimum Gasteiger partial charge on any atom is -0.346 e. The van der Waals surface area contributed by atoms with Crippen LogP contribution in [0.4, 0.5) is 0 Å². The molecule has 0 aliphatic carbocycles. The van der Waals surface area contributed by atoms with Crippen LogP contribution in [0, 0.1) is 0 Å². The summed E-state index contributed by atoms with van der Waals surface area (Å²) in [5.74, 6) is -0.322. The number of carbonyl (C=O) groups is 1. The quantitative estimate of drug-likeness (QED) is 0.743. The molecular weight excluding hydrogens is 318 g/mol. The van der Waals surface area contributed by atoms with Crippen molar-refractivity contribution >= 4 is 5.91 Å². The molecule has 0 saturated heterocycles. The summed E-state index contributed by atoms with van der Waals surface area (Å²) in [7, 11) is 0. The van der Waals surface area contributed by atoms with Crippen molar-refractivity contribution < 1.29 is 4.79 Å². The van der Waals surface area contributed by atoms with E-state index in [1.807, 2.05) is 43.5 Å². The van der Waals surface area contributed by atoms with Gasteiger partial charge in [-0.15, -0.1) is 0 Å². The van der Waals surface area contributed by atoms with E-state index in [9.17, 15) is 9.59 Å². The van der Waals surface area contributed by atoms with Crippen molar-refractivity contribution in [2.75, 3.05) is 0 Å². The first-order valence-electron chi connectivity index (χ1n) is 8.12. The Bertz CT molecular complexity index is 914. The first-order chi connectivity index (χ1) is 12.2. The van der Waals surface area contributed by atoms with E-state index in [2.05, 4.69) is 15.5 Å². The summed E-state index contributed by atoms with van der Waals surface area (Å²) in [6, 6.07) is 12.5. The fourth-order valence-corrected chi connectivity index (χ4v) is 2.39. The topological polar surface area (TPSA) is 81.8 Å². The molecule has 128 valence electrons. The number of aromatic nitrogens is 4. The van der Waals surface area contributed by atoms with Gasteiger partial charge in [-0.25, -0.2) is 9.36 Å². The van der Waals surface area contributed by atoms with E-state index in [1.165, 1.54) is 16.8 Å². The van der Waals surface area contributed by atoms with Gasteiger partial charge in [-0.1, -0.05) is 25.1 Å². The van der Waals surface area contributed by atoms with Crippen LogP contribution in [-0.4, -0.2) is 25.5 Å². The van der Waals surface area contributed by atoms with E-state index >= 15 is 0 Å². The van der Waals surface area contributed by atoms with Crippen molar-refractivity contribution in [3.63, 3.8) is 0 Å². The van der Waals surface area contributed by atoms with Crippen LogP contribution in [0.5, 0.6) is 0 Å². The highest BCUT2D eigenvalue weighted by Gasteiger charge is 2.10. The maximum absolute atomic E-state index is 12.2. The summed E-state index contributed by atoms with van der Waals surface area (Å²) < 4.78 is 3.06. The fourth-order valence-electron chi connectivity index (χ4n) is 2.39. The summed E-state index contributed by atoms with van der Waals surface area (Å²) in [5.41, 5.74) is 1.85. The van der Waals surface area contributed by atoms with Crippen LogP contribution >= 0.6 is 0 Å². The number of rotatable bonds is 6. The minimum absolute atomic E-state index is 0.206. The number of nitrogens with one attached hydrogen (secondary N) is 1. The molecule has 2 aromatic heterocycles. The second kappa shape index (κ2) is 7.57. The molecule has 25 heavy (non-hydrogen) atoms. The first kappa shape index (κ1) is 16.6. The average Bonchev–Trinajstić information content (AvgIpc) is 3.11. The standard InChI is InChI=1S/C18H19N5O2/c1-2-10-22-17(24)9-8-16(21-22)18(25)19-11-14-12-20-23(13-14)15-6-4-3-5-7-15/h3-9,12-13H,2,10-11H2,1H3,(H,19,25). The Hall–Kier alpha value is -3.22. The molecular formula is C18H19N5O2. The van der Waals surface area contributed by atoms with Crippen LogP contribution in [0.1, 0.15) is 29.4 Å². The highest BCUT2D eigenvalue weighted by Crippen LogP contribution is 2.07. The van der Waals surface area contributed by atoms with Crippen LogP contribution in [0.2, 0.25) is 0 Å². The summed E-state index contributed by atoms with van der Waals surface area (Å²) in [5, 5.41) is 11.2. The third-order valence-electron chi connectivity index (χ3n) is 3.64. The number of hydrogen-bond acceptors (Lipinski definition) is 4. The molecule has 3 aromatic rings. The van der Waals surface area contributed by atoms with Crippen molar-refractivity contribution in [1.29, 1.82) is 0 Å². The first-order valence-corrected chi connectivity index (χ1v) is 8.12. The molecule has 0 atom stereocenters. The summed E-state index contributed by atoms with van der Waals surface area (Å²) >= 11 is 0. The Morgan fingerprint density at radius 3 is 2.72 bits per heavy atom. The van der Waals surface area contributed by atoms with Crippen molar-refractivity contribution in [1.82, 2.24) is 24.9 Å². The van der Waals surface area contributed by atoms with Gasteiger partial charge in [0, 0.05) is 30.9 Å². The molecule has 0 saturated carbocycles. The van der Waals surface area contributed by atoms with Crippen LogP contribution in [0.3, 0.4) is 0 Å². The molecule has 1 N–H and O–H groups in total. The van der Waals surface area contributed by atoms with E-state index in [-0.39, 0.29) is 17.2 Å². The van der Waals surface area contributed by atoms with Crippen LogP contribution in [0.15, 0.2) is 59.7 Å². The van der Waals surface area contributed by atoms with Gasteiger partial charge in [0.2, 0.25) is 0 Å². The second-order valence-corrected chi connectivity index (χ2v) is 5.59. The van der Waals surface area contributed by atoms with E-state index < -0.39 is 0 Å². The van der Waals surface area contributed by atoms with Crippen molar-refractivity contribution in [2.24, 2.45) is 0 Å². The zero-order valence-electron chi connectivity index (χ0n) is 13.9. The van der Waals surface area contributed by atoms with Gasteiger partial charge < -0.3 is 5.32 Å². The highest BCUT2D eigenvalue weighted by molar-refractivity contribution is 5.91. The second-order valence-electron chi connectivity index (χ2n) is 5.59. The van der Waals surface area contributed by atoms with E-state index in [0.29, 0.717) is 13.1 Å². The van der Waals surface area contributed by atoms with E-state index in [4.69, 9.17) is 0 Å². The number of para-hydroxylation sites is 1. The normalized spacial score (nSPS) is 10.6. The third kappa shape index (κ3) is 4.00. The predicted octanol–water partition coefficient (Wildman–Crippen LogP) is 1.77. The molecule has 0 aliphatic heterocycles. The number of hydrogen-bond donors (Lipinski definition) is 1. The number of benzene rings is 1. The maximum atomic E-state index is 12.2. The Labute approximate surface area is 144 Å². The van der Waals surface area contributed by atoms with Gasteiger partial charge in [0.1, 0.15) is 5.69 Å². The van der Waals surface area contributed by atoms with Crippen molar-refractivity contribution in [3.8, 4) is 5.69 Å². The molecule has 7 nitrogen and oxygen atoms in total. The summed E-state index contributed by atoms with van der Waals surface area (Å²) in [6.45, 7) is 2.77. The van der Waals surface area contributed by atoms with Gasteiger partial charge in [0.15, 0.2) is 0 Å². The average molecular weight is 337 g/mol. The maximum Gasteiger partial charge on any atom is 0.271 e. The lowest BCUT2D eigenvalue weighted by Gasteiger charge is -2.06. The minimum atomic E-state index is -0.322. The van der Waals surface area contributed by atoms with Gasteiger partial charge in [0.05, 0.1) is 11.9 Å². The number of carbonyl (C=O) groups excluding carboxylic acids is 1. The Kier molecular flexibility index (Phi) is 5.03. The smallest absolute Gasteiger partial charge is 0.271 e. The van der Waals surface area contributed by atoms with Crippen molar-refractivity contribution in [2.45, 2.75) is 26.4 Å². The Morgan fingerprint density at radius 1 is 1.16 bits per heavy atom. The molecule has 7 heteroatoms. The zero-order chi connectivity index (χ0) is 17.6. The lowest BCUT2D eigenvalue weighted by atomic mass is 10.3. The van der Waals surface area contributed by atoms with Gasteiger partial charge >= 0.3 is 0 Å². The molecule has 0 radical (unpaired) electrons. The van der Waals surface area contributed by atoms with Gasteiger partial charge in [-0.05, 0) is 24.6 Å². The lowest BCUT2D eigenvalue weighted by molar-refractivity contribution is 0.0943. The highest BCUT2D eigenvalue weighted by atomic mass is 16.2. The monoisotopic (exact) mass is 337 g/mol. The number of aryl methyl sites for hydroxylation is 1. The molecule has 2 heterocycles. The Balaban J connectivity index is 1.66. The lowest BCUT2D eigenvalue weighted by Crippen LogP contribution is -2.29. The fraction of sp³-hybridized carbons (Fsp3) is 0.222. The van der Waals surface area contributed by atoms with Crippen LogP contribution in [-0.2, 0) is 13.1 Å². The molecule has 0 bridgehead atoms. The van der Waals surface area contributed by atoms with Crippen molar-refractivity contribution in [3.05, 3.63) is 76.5 Å².